The average molecular weight is 531 g/mol. The first-order valence-corrected chi connectivity index (χ1v) is 10.8. The number of anilines is 1. The molecule has 2 aromatic carbocycles. The van der Waals surface area contributed by atoms with Gasteiger partial charge in [0.25, 0.3) is 11.8 Å². The number of hydrogen-bond acceptors (Lipinski definition) is 3. The summed E-state index contributed by atoms with van der Waals surface area (Å²) < 4.78 is 79.9. The fraction of sp³-hybridized carbons (Fsp3) is 0.261. The van der Waals surface area contributed by atoms with E-state index in [1.165, 1.54) is 18.2 Å². The van der Waals surface area contributed by atoms with Crippen molar-refractivity contribution < 1.29 is 35.9 Å². The highest BCUT2D eigenvalue weighted by Crippen LogP contribution is 2.44. The molecule has 2 atom stereocenters. The normalized spacial score (nSPS) is 17.6. The number of nitrogens with zero attached hydrogens (tertiary/aromatic N) is 2. The molecule has 1 heterocycles. The number of alkyl halides is 5. The topological polar surface area (TPSA) is 76.0 Å². The molecule has 2 N–H and O–H groups in total. The summed E-state index contributed by atoms with van der Waals surface area (Å²) in [5, 5.41) is 7.90. The van der Waals surface area contributed by atoms with Crippen molar-refractivity contribution in [3.63, 3.8) is 0 Å². The minimum atomic E-state index is -6.12. The lowest BCUT2D eigenvalue weighted by atomic mass is 10.1. The number of aryl methyl sites for hydroxylation is 1. The molecule has 2 unspecified atom stereocenters. The molecule has 4 rings (SSSR count). The van der Waals surface area contributed by atoms with Crippen LogP contribution in [0.15, 0.2) is 48.5 Å². The van der Waals surface area contributed by atoms with Crippen LogP contribution in [0.1, 0.15) is 44.4 Å². The molecular formula is C23H17ClF6N4O2. The first kappa shape index (κ1) is 25.5. The molecular weight excluding hydrogens is 514 g/mol. The summed E-state index contributed by atoms with van der Waals surface area (Å²) in [4.78, 5) is 25.3. The molecule has 36 heavy (non-hydrogen) atoms. The van der Waals surface area contributed by atoms with Crippen molar-refractivity contribution in [1.29, 1.82) is 0 Å². The van der Waals surface area contributed by atoms with Gasteiger partial charge in [-0.15, -0.1) is 0 Å². The lowest BCUT2D eigenvalue weighted by molar-refractivity contribution is -0.292. The van der Waals surface area contributed by atoms with E-state index >= 15 is 0 Å². The molecule has 6 nitrogen and oxygen atoms in total. The maximum atomic E-state index is 14.5. The van der Waals surface area contributed by atoms with E-state index in [-0.39, 0.29) is 32.9 Å². The third kappa shape index (κ3) is 4.77. The van der Waals surface area contributed by atoms with E-state index in [0.717, 1.165) is 12.6 Å². The largest absolute Gasteiger partial charge is 0.459 e. The van der Waals surface area contributed by atoms with E-state index in [2.05, 4.69) is 15.7 Å². The van der Waals surface area contributed by atoms with Crippen LogP contribution in [0.2, 0.25) is 5.02 Å². The monoisotopic (exact) mass is 530 g/mol. The number of amides is 2. The quantitative estimate of drug-likeness (QED) is 0.419. The fourth-order valence-electron chi connectivity index (χ4n) is 3.72. The molecule has 0 aliphatic heterocycles. The summed E-state index contributed by atoms with van der Waals surface area (Å²) in [6.45, 7) is 0. The van der Waals surface area contributed by atoms with Gasteiger partial charge in [0.1, 0.15) is 0 Å². The Morgan fingerprint density at radius 2 is 1.72 bits per heavy atom. The summed E-state index contributed by atoms with van der Waals surface area (Å²) in [6, 6.07) is 13.1. The van der Waals surface area contributed by atoms with Crippen LogP contribution < -0.4 is 10.6 Å². The highest BCUT2D eigenvalue weighted by molar-refractivity contribution is 6.34. The summed E-state index contributed by atoms with van der Waals surface area (Å²) in [6.07, 6.45) is -5.40. The van der Waals surface area contributed by atoms with Crippen LogP contribution in [-0.2, 0) is 13.0 Å². The van der Waals surface area contributed by atoms with Gasteiger partial charge in [-0.1, -0.05) is 41.9 Å². The predicted octanol–water partition coefficient (Wildman–Crippen LogP) is 5.40. The lowest BCUT2D eigenvalue weighted by Crippen LogP contribution is -2.35. The van der Waals surface area contributed by atoms with Crippen LogP contribution >= 0.6 is 11.6 Å². The van der Waals surface area contributed by atoms with E-state index in [1.807, 2.05) is 30.3 Å². The van der Waals surface area contributed by atoms with Crippen molar-refractivity contribution in [2.24, 2.45) is 7.05 Å². The van der Waals surface area contributed by atoms with Gasteiger partial charge in [0.15, 0.2) is 17.2 Å². The molecule has 3 aromatic rings. The number of rotatable bonds is 6. The van der Waals surface area contributed by atoms with Gasteiger partial charge in [-0.3, -0.25) is 14.3 Å². The Balaban J connectivity index is 1.50. The second-order valence-electron chi connectivity index (χ2n) is 8.19. The predicted molar refractivity (Wildman–Crippen MR) is 118 cm³/mol. The van der Waals surface area contributed by atoms with Gasteiger partial charge in [0.2, 0.25) is 0 Å². The Morgan fingerprint density at radius 3 is 2.36 bits per heavy atom. The molecule has 2 amide bonds. The van der Waals surface area contributed by atoms with Crippen molar-refractivity contribution in [3.05, 3.63) is 81.9 Å². The first-order valence-electron chi connectivity index (χ1n) is 10.5. The van der Waals surface area contributed by atoms with Crippen LogP contribution in [-0.4, -0.2) is 33.8 Å². The van der Waals surface area contributed by atoms with E-state index < -0.39 is 41.1 Å². The molecule has 1 saturated carbocycles. The van der Waals surface area contributed by atoms with Crippen LogP contribution in [0.3, 0.4) is 0 Å². The second-order valence-corrected chi connectivity index (χ2v) is 8.60. The van der Waals surface area contributed by atoms with Crippen molar-refractivity contribution >= 4 is 29.1 Å². The zero-order chi connectivity index (χ0) is 26.4. The molecule has 13 heteroatoms. The first-order chi connectivity index (χ1) is 16.8. The van der Waals surface area contributed by atoms with Crippen molar-refractivity contribution in [1.82, 2.24) is 15.1 Å². The van der Waals surface area contributed by atoms with E-state index in [1.54, 1.807) is 0 Å². The van der Waals surface area contributed by atoms with Crippen LogP contribution in [0.4, 0.5) is 32.0 Å². The molecule has 1 aromatic heterocycles. The zero-order valence-corrected chi connectivity index (χ0v) is 19.1. The van der Waals surface area contributed by atoms with Crippen LogP contribution in [0.5, 0.6) is 0 Å². The number of nitrogens with one attached hydrogen (secondary N) is 2. The average Bonchev–Trinajstić information content (AvgIpc) is 3.50. The molecule has 190 valence electrons. The number of hydrogen-bond donors (Lipinski definition) is 2. The Hall–Kier alpha value is -3.54. The minimum Gasteiger partial charge on any atom is -0.349 e. The maximum Gasteiger partial charge on any atom is 0.459 e. The van der Waals surface area contributed by atoms with E-state index in [0.29, 0.717) is 6.42 Å². The van der Waals surface area contributed by atoms with Crippen LogP contribution in [0, 0.1) is 5.82 Å². The van der Waals surface area contributed by atoms with Crippen LogP contribution in [0.25, 0.3) is 0 Å². The second kappa shape index (κ2) is 9.16. The molecule has 1 aliphatic carbocycles. The van der Waals surface area contributed by atoms with Crippen molar-refractivity contribution in [3.8, 4) is 0 Å². The van der Waals surface area contributed by atoms with Gasteiger partial charge in [-0.05, 0) is 30.2 Å². The van der Waals surface area contributed by atoms with Crippen molar-refractivity contribution in [2.45, 2.75) is 30.5 Å². The minimum absolute atomic E-state index is 0.0250. The summed E-state index contributed by atoms with van der Waals surface area (Å²) in [5.41, 5.74) is -2.42. The molecule has 0 spiro atoms. The number of carbonyl (C=O) groups excluding carboxylic acids is 2. The summed E-state index contributed by atoms with van der Waals surface area (Å²) >= 11 is 6.11. The molecule has 0 bridgehead atoms. The summed E-state index contributed by atoms with van der Waals surface area (Å²) in [7, 11) is 0.841. The van der Waals surface area contributed by atoms with Gasteiger partial charge in [0, 0.05) is 24.7 Å². The summed E-state index contributed by atoms with van der Waals surface area (Å²) in [5.74, 6) is -9.50. The Labute approximate surface area is 205 Å². The molecule has 0 saturated heterocycles. The molecule has 0 radical (unpaired) electrons. The van der Waals surface area contributed by atoms with Gasteiger partial charge in [0.05, 0.1) is 10.6 Å². The Bertz CT molecular complexity index is 1330. The Morgan fingerprint density at radius 1 is 1.06 bits per heavy atom. The maximum absolute atomic E-state index is 14.5. The highest BCUT2D eigenvalue weighted by atomic mass is 35.5. The lowest BCUT2D eigenvalue weighted by Gasteiger charge is -2.17. The molecule has 1 aliphatic rings. The Kier molecular flexibility index (Phi) is 6.50. The zero-order valence-electron chi connectivity index (χ0n) is 18.3. The third-order valence-corrected chi connectivity index (χ3v) is 5.99. The number of benzene rings is 2. The van der Waals surface area contributed by atoms with Gasteiger partial charge in [-0.2, -0.15) is 27.1 Å². The SMILES string of the molecule is Cn1nc(C(F)(F)C(F)(F)F)c(F)c1C(=O)Nc1ccc(Cl)c(C(=O)NC2CC2c2ccccc2)c1. The smallest absolute Gasteiger partial charge is 0.349 e. The number of halogens is 7. The van der Waals surface area contributed by atoms with Gasteiger partial charge in [-0.25, -0.2) is 4.39 Å². The number of carbonyl (C=O) groups is 2. The van der Waals surface area contributed by atoms with Gasteiger partial charge >= 0.3 is 12.1 Å². The number of aromatic nitrogens is 2. The van der Waals surface area contributed by atoms with Gasteiger partial charge < -0.3 is 10.6 Å². The highest BCUT2D eigenvalue weighted by Gasteiger charge is 2.62. The fourth-order valence-corrected chi connectivity index (χ4v) is 3.92. The van der Waals surface area contributed by atoms with E-state index in [9.17, 15) is 35.9 Å². The van der Waals surface area contributed by atoms with Crippen molar-refractivity contribution in [2.75, 3.05) is 5.32 Å². The standard InChI is InChI=1S/C23H17ClF6N4O2/c1-34-18(17(25)19(33-34)22(26,27)23(28,29)30)21(36)31-12-7-8-15(24)14(9-12)20(35)32-16-10-13(16)11-5-3-2-4-6-11/h2-9,13,16H,10H2,1H3,(H,31,36)(H,32,35). The molecule has 1 fully saturated rings. The third-order valence-electron chi connectivity index (χ3n) is 5.66. The van der Waals surface area contributed by atoms with E-state index in [4.69, 9.17) is 11.6 Å².